The van der Waals surface area contributed by atoms with E-state index in [1.807, 2.05) is 0 Å². The van der Waals surface area contributed by atoms with Crippen LogP contribution in [0.5, 0.6) is 0 Å². The highest BCUT2D eigenvalue weighted by Gasteiger charge is 2.28. The van der Waals surface area contributed by atoms with E-state index >= 15 is 0 Å². The number of hydrogen-bond donors (Lipinski definition) is 2. The van der Waals surface area contributed by atoms with Crippen LogP contribution in [0.4, 0.5) is 0 Å². The Bertz CT molecular complexity index is 309. The van der Waals surface area contributed by atoms with Crippen molar-refractivity contribution in [2.45, 2.75) is 56.7 Å². The second kappa shape index (κ2) is 5.99. The van der Waals surface area contributed by atoms with Crippen molar-refractivity contribution in [3.8, 4) is 0 Å². The monoisotopic (exact) mass is 257 g/mol. The number of amides is 1. The van der Waals surface area contributed by atoms with Gasteiger partial charge in [-0.15, -0.1) is 10.1 Å². The normalized spacial score (nSPS) is 31.9. The van der Waals surface area contributed by atoms with Gasteiger partial charge in [0.15, 0.2) is 0 Å². The molecule has 1 heterocycles. The zero-order chi connectivity index (χ0) is 13.0. The van der Waals surface area contributed by atoms with Gasteiger partial charge >= 0.3 is 0 Å². The molecule has 1 amide bonds. The summed E-state index contributed by atoms with van der Waals surface area (Å²) in [6.07, 6.45) is 4.38. The van der Waals surface area contributed by atoms with Crippen molar-refractivity contribution in [1.82, 2.24) is 10.6 Å². The van der Waals surface area contributed by atoms with Gasteiger partial charge < -0.3 is 15.5 Å². The third-order valence-corrected chi connectivity index (χ3v) is 3.63. The number of rotatable bonds is 4. The molecule has 0 aromatic rings. The summed E-state index contributed by atoms with van der Waals surface area (Å²) >= 11 is 0. The minimum absolute atomic E-state index is 0.0576. The van der Waals surface area contributed by atoms with Crippen molar-refractivity contribution in [2.75, 3.05) is 6.54 Å². The van der Waals surface area contributed by atoms with Gasteiger partial charge in [-0.2, -0.15) is 0 Å². The molecule has 1 atom stereocenters. The first-order valence-corrected chi connectivity index (χ1v) is 6.50. The molecule has 0 unspecified atom stereocenters. The van der Waals surface area contributed by atoms with E-state index in [2.05, 4.69) is 15.5 Å². The lowest BCUT2D eigenvalue weighted by Gasteiger charge is -2.28. The highest BCUT2D eigenvalue weighted by Crippen LogP contribution is 2.21. The summed E-state index contributed by atoms with van der Waals surface area (Å²) in [6, 6.07) is 0.0734. The quantitative estimate of drug-likeness (QED) is 0.560. The first kappa shape index (κ1) is 13.1. The van der Waals surface area contributed by atoms with E-state index in [0.717, 1.165) is 32.2 Å². The standard InChI is InChI=1S/C11H19N3O4/c15-11(10-2-1-7-12-10)13-8-3-5-9(6-4-8)18-14(16)17/h8-10,12H,1-7H2,(H,13,15)/t8?,9?,10-/m0/s1. The van der Waals surface area contributed by atoms with Crippen molar-refractivity contribution >= 4 is 5.91 Å². The molecule has 7 heteroatoms. The minimum atomic E-state index is -0.730. The van der Waals surface area contributed by atoms with Gasteiger partial charge in [-0.25, -0.2) is 0 Å². The van der Waals surface area contributed by atoms with Crippen LogP contribution in [0.2, 0.25) is 0 Å². The van der Waals surface area contributed by atoms with Gasteiger partial charge in [-0.05, 0) is 45.1 Å². The van der Waals surface area contributed by atoms with Crippen LogP contribution < -0.4 is 10.6 Å². The number of hydrogen-bond acceptors (Lipinski definition) is 5. The summed E-state index contributed by atoms with van der Waals surface area (Å²) < 4.78 is 0. The summed E-state index contributed by atoms with van der Waals surface area (Å²) in [5.74, 6) is 0.0612. The average molecular weight is 257 g/mol. The van der Waals surface area contributed by atoms with Gasteiger partial charge in [-0.3, -0.25) is 4.79 Å². The lowest BCUT2D eigenvalue weighted by molar-refractivity contribution is -0.769. The number of nitrogens with zero attached hydrogens (tertiary/aromatic N) is 1. The lowest BCUT2D eigenvalue weighted by Crippen LogP contribution is -2.46. The summed E-state index contributed by atoms with van der Waals surface area (Å²) in [5, 5.41) is 15.6. The highest BCUT2D eigenvalue weighted by atomic mass is 17.0. The SMILES string of the molecule is O=C(NC1CCC(O[N+](=O)[O-])CC1)[C@@H]1CCCN1. The zero-order valence-corrected chi connectivity index (χ0v) is 10.3. The molecule has 1 saturated heterocycles. The first-order valence-electron chi connectivity index (χ1n) is 6.50. The predicted octanol–water partition coefficient (Wildman–Crippen LogP) is 0.374. The molecule has 1 aliphatic heterocycles. The van der Waals surface area contributed by atoms with Gasteiger partial charge in [0.2, 0.25) is 5.91 Å². The van der Waals surface area contributed by atoms with Crippen LogP contribution in [0.3, 0.4) is 0 Å². The van der Waals surface area contributed by atoms with Gasteiger partial charge in [0.1, 0.15) is 6.10 Å². The summed E-state index contributed by atoms with van der Waals surface area (Å²) in [5.41, 5.74) is 0. The largest absolute Gasteiger partial charge is 0.352 e. The fraction of sp³-hybridized carbons (Fsp3) is 0.909. The Hall–Kier alpha value is -1.37. The Kier molecular flexibility index (Phi) is 4.35. The fourth-order valence-corrected chi connectivity index (χ4v) is 2.64. The second-order valence-electron chi connectivity index (χ2n) is 4.96. The maximum Gasteiger partial charge on any atom is 0.294 e. The van der Waals surface area contributed by atoms with Crippen LogP contribution in [0.15, 0.2) is 0 Å². The van der Waals surface area contributed by atoms with Crippen LogP contribution >= 0.6 is 0 Å². The van der Waals surface area contributed by atoms with E-state index < -0.39 is 5.09 Å². The Labute approximate surface area is 105 Å². The molecule has 1 saturated carbocycles. The van der Waals surface area contributed by atoms with Crippen molar-refractivity contribution in [3.05, 3.63) is 10.1 Å². The van der Waals surface area contributed by atoms with Crippen LogP contribution in [-0.4, -0.2) is 35.7 Å². The van der Waals surface area contributed by atoms with Gasteiger partial charge in [0.05, 0.1) is 6.04 Å². The molecule has 102 valence electrons. The average Bonchev–Trinajstić information content (AvgIpc) is 2.84. The molecule has 2 rings (SSSR count). The lowest BCUT2D eigenvalue weighted by atomic mass is 9.93. The van der Waals surface area contributed by atoms with E-state index in [1.165, 1.54) is 0 Å². The zero-order valence-electron chi connectivity index (χ0n) is 10.3. The molecule has 2 fully saturated rings. The maximum atomic E-state index is 11.9. The summed E-state index contributed by atoms with van der Waals surface area (Å²) in [4.78, 5) is 26.6. The molecular formula is C11H19N3O4. The van der Waals surface area contributed by atoms with Crippen LogP contribution in [0.1, 0.15) is 38.5 Å². The van der Waals surface area contributed by atoms with E-state index in [9.17, 15) is 14.9 Å². The predicted molar refractivity (Wildman–Crippen MR) is 63.3 cm³/mol. The number of carbonyl (C=O) groups excluding carboxylic acids is 1. The summed E-state index contributed by atoms with van der Waals surface area (Å²) in [6.45, 7) is 0.904. The molecule has 0 bridgehead atoms. The van der Waals surface area contributed by atoms with Crippen LogP contribution in [0, 0.1) is 10.1 Å². The summed E-state index contributed by atoms with van der Waals surface area (Å²) in [7, 11) is 0. The molecule has 18 heavy (non-hydrogen) atoms. The number of nitrogens with one attached hydrogen (secondary N) is 2. The minimum Gasteiger partial charge on any atom is -0.352 e. The third kappa shape index (κ3) is 3.56. The van der Waals surface area contributed by atoms with Crippen molar-refractivity contribution in [3.63, 3.8) is 0 Å². The van der Waals surface area contributed by atoms with E-state index in [0.29, 0.717) is 12.8 Å². The molecule has 0 aromatic carbocycles. The smallest absolute Gasteiger partial charge is 0.294 e. The van der Waals surface area contributed by atoms with Crippen LogP contribution in [0.25, 0.3) is 0 Å². The van der Waals surface area contributed by atoms with Crippen molar-refractivity contribution in [1.29, 1.82) is 0 Å². The molecule has 7 nitrogen and oxygen atoms in total. The Morgan fingerprint density at radius 3 is 2.56 bits per heavy atom. The van der Waals surface area contributed by atoms with Gasteiger partial charge in [0.25, 0.3) is 5.09 Å². The van der Waals surface area contributed by atoms with Gasteiger partial charge in [-0.1, -0.05) is 0 Å². The third-order valence-electron chi connectivity index (χ3n) is 3.63. The van der Waals surface area contributed by atoms with E-state index in [1.54, 1.807) is 0 Å². The molecule has 0 spiro atoms. The molecule has 2 N–H and O–H groups in total. The number of carbonyl (C=O) groups is 1. The van der Waals surface area contributed by atoms with Crippen molar-refractivity contribution in [2.24, 2.45) is 0 Å². The maximum absolute atomic E-state index is 11.9. The topological polar surface area (TPSA) is 93.5 Å². The van der Waals surface area contributed by atoms with Gasteiger partial charge in [0, 0.05) is 6.04 Å². The first-order chi connectivity index (χ1) is 8.65. The highest BCUT2D eigenvalue weighted by molar-refractivity contribution is 5.82. The second-order valence-corrected chi connectivity index (χ2v) is 4.96. The molecule has 1 aliphatic carbocycles. The van der Waals surface area contributed by atoms with E-state index in [4.69, 9.17) is 0 Å². The Morgan fingerprint density at radius 1 is 1.28 bits per heavy atom. The van der Waals surface area contributed by atoms with E-state index in [-0.39, 0.29) is 24.1 Å². The fourth-order valence-electron chi connectivity index (χ4n) is 2.64. The molecule has 0 radical (unpaired) electrons. The Balaban J connectivity index is 1.69. The van der Waals surface area contributed by atoms with Crippen LogP contribution in [-0.2, 0) is 9.63 Å². The van der Waals surface area contributed by atoms with Crippen molar-refractivity contribution < 1.29 is 14.7 Å². The molecule has 2 aliphatic rings. The molecular weight excluding hydrogens is 238 g/mol. The Morgan fingerprint density at radius 2 is 2.00 bits per heavy atom. The molecule has 0 aromatic heterocycles.